The fourth-order valence-corrected chi connectivity index (χ4v) is 1.99. The second-order valence-electron chi connectivity index (χ2n) is 4.22. The number of primary amides is 2. The van der Waals surface area contributed by atoms with E-state index < -0.39 is 35.3 Å². The van der Waals surface area contributed by atoms with Gasteiger partial charge in [0.05, 0.1) is 6.54 Å². The summed E-state index contributed by atoms with van der Waals surface area (Å²) < 4.78 is 2.70. The Morgan fingerprint density at radius 2 is 1.95 bits per heavy atom. The van der Waals surface area contributed by atoms with Crippen LogP contribution in [-0.2, 0) is 16.1 Å². The SMILES string of the molecule is CC(C(N)=O)n1c(=O)n2n(c1=O)C(C(N)=O)C=CC2. The van der Waals surface area contributed by atoms with Crippen molar-refractivity contribution in [2.45, 2.75) is 25.6 Å². The van der Waals surface area contributed by atoms with Crippen LogP contribution >= 0.6 is 0 Å². The lowest BCUT2D eigenvalue weighted by molar-refractivity contribution is -0.121. The summed E-state index contributed by atoms with van der Waals surface area (Å²) in [5.41, 5.74) is 8.79. The summed E-state index contributed by atoms with van der Waals surface area (Å²) in [5.74, 6) is -1.58. The molecule has 2 atom stereocenters. The minimum Gasteiger partial charge on any atom is -0.368 e. The molecule has 19 heavy (non-hydrogen) atoms. The van der Waals surface area contributed by atoms with Crippen LogP contribution < -0.4 is 22.8 Å². The van der Waals surface area contributed by atoms with E-state index in [1.807, 2.05) is 0 Å². The van der Waals surface area contributed by atoms with Crippen molar-refractivity contribution in [2.24, 2.45) is 11.5 Å². The van der Waals surface area contributed by atoms with Gasteiger partial charge in [0.2, 0.25) is 11.8 Å². The molecule has 0 aliphatic carbocycles. The van der Waals surface area contributed by atoms with Crippen molar-refractivity contribution < 1.29 is 9.59 Å². The highest BCUT2D eigenvalue weighted by Gasteiger charge is 2.29. The van der Waals surface area contributed by atoms with Crippen LogP contribution in [0.2, 0.25) is 0 Å². The smallest absolute Gasteiger partial charge is 0.348 e. The zero-order valence-corrected chi connectivity index (χ0v) is 10.1. The lowest BCUT2D eigenvalue weighted by Crippen LogP contribution is -2.40. The van der Waals surface area contributed by atoms with Crippen LogP contribution in [-0.4, -0.2) is 25.7 Å². The van der Waals surface area contributed by atoms with Crippen molar-refractivity contribution in [1.82, 2.24) is 13.9 Å². The molecule has 0 saturated heterocycles. The van der Waals surface area contributed by atoms with Gasteiger partial charge in [-0.15, -0.1) is 0 Å². The number of carbonyl (C=O) groups is 2. The monoisotopic (exact) mass is 267 g/mol. The van der Waals surface area contributed by atoms with E-state index in [-0.39, 0.29) is 6.54 Å². The molecule has 0 bridgehead atoms. The Balaban J connectivity index is 2.72. The maximum atomic E-state index is 12.2. The fraction of sp³-hybridized carbons (Fsp3) is 0.400. The second-order valence-corrected chi connectivity index (χ2v) is 4.22. The summed E-state index contributed by atoms with van der Waals surface area (Å²) in [5, 5.41) is 0. The summed E-state index contributed by atoms with van der Waals surface area (Å²) in [6.07, 6.45) is 2.98. The molecule has 1 aromatic rings. The number of nitrogens with zero attached hydrogens (tertiary/aromatic N) is 3. The minimum absolute atomic E-state index is 0.121. The molecule has 0 spiro atoms. The zero-order chi connectivity index (χ0) is 14.3. The van der Waals surface area contributed by atoms with Crippen LogP contribution in [0.4, 0.5) is 0 Å². The number of fused-ring (bicyclic) bond motifs is 1. The average Bonchev–Trinajstić information content (AvgIpc) is 2.61. The van der Waals surface area contributed by atoms with Crippen LogP contribution in [0.25, 0.3) is 0 Å². The van der Waals surface area contributed by atoms with Crippen molar-refractivity contribution in [3.8, 4) is 0 Å². The number of hydrogen-bond acceptors (Lipinski definition) is 4. The van der Waals surface area contributed by atoms with Gasteiger partial charge in [-0.1, -0.05) is 12.2 Å². The largest absolute Gasteiger partial charge is 0.368 e. The quantitative estimate of drug-likeness (QED) is 0.583. The molecule has 1 aliphatic heterocycles. The first-order valence-corrected chi connectivity index (χ1v) is 5.55. The van der Waals surface area contributed by atoms with E-state index in [0.717, 1.165) is 9.36 Å². The van der Waals surface area contributed by atoms with Gasteiger partial charge in [0.25, 0.3) is 0 Å². The highest BCUT2D eigenvalue weighted by atomic mass is 16.2. The van der Waals surface area contributed by atoms with Gasteiger partial charge in [-0.3, -0.25) is 9.59 Å². The standard InChI is InChI=1S/C10H13N5O4/c1-5(7(11)16)14-9(18)13-4-2-3-6(8(12)17)15(13)10(14)19/h2-3,5-6H,4H2,1H3,(H2,11,16)(H2,12,17). The van der Waals surface area contributed by atoms with Gasteiger partial charge < -0.3 is 11.5 Å². The molecule has 2 rings (SSSR count). The Bertz CT molecular complexity index is 692. The molecule has 0 radical (unpaired) electrons. The van der Waals surface area contributed by atoms with Crippen LogP contribution in [0.5, 0.6) is 0 Å². The zero-order valence-electron chi connectivity index (χ0n) is 10.1. The van der Waals surface area contributed by atoms with E-state index in [9.17, 15) is 19.2 Å². The summed E-state index contributed by atoms with van der Waals surface area (Å²) >= 11 is 0. The summed E-state index contributed by atoms with van der Waals surface area (Å²) in [6, 6.07) is -2.14. The highest BCUT2D eigenvalue weighted by Crippen LogP contribution is 2.10. The van der Waals surface area contributed by atoms with Gasteiger partial charge >= 0.3 is 11.4 Å². The molecular formula is C10H13N5O4. The maximum absolute atomic E-state index is 12.2. The third kappa shape index (κ3) is 1.79. The summed E-state index contributed by atoms with van der Waals surface area (Å²) in [4.78, 5) is 46.6. The van der Waals surface area contributed by atoms with Crippen LogP contribution in [0, 0.1) is 0 Å². The number of carbonyl (C=O) groups excluding carboxylic acids is 2. The predicted molar refractivity (Wildman–Crippen MR) is 64.2 cm³/mol. The molecule has 102 valence electrons. The number of allylic oxidation sites excluding steroid dienone is 1. The van der Waals surface area contributed by atoms with Crippen LogP contribution in [0.3, 0.4) is 0 Å². The Hall–Kier alpha value is -2.58. The van der Waals surface area contributed by atoms with E-state index in [1.54, 1.807) is 6.08 Å². The third-order valence-corrected chi connectivity index (χ3v) is 3.04. The molecule has 2 amide bonds. The topological polar surface area (TPSA) is 135 Å². The number of rotatable bonds is 3. The lowest BCUT2D eigenvalue weighted by atomic mass is 10.2. The van der Waals surface area contributed by atoms with E-state index in [0.29, 0.717) is 4.57 Å². The molecule has 2 heterocycles. The van der Waals surface area contributed by atoms with Gasteiger partial charge in [-0.25, -0.2) is 23.5 Å². The maximum Gasteiger partial charge on any atom is 0.348 e. The van der Waals surface area contributed by atoms with Crippen molar-refractivity contribution >= 4 is 11.8 Å². The number of amides is 2. The molecule has 2 unspecified atom stereocenters. The van der Waals surface area contributed by atoms with Crippen molar-refractivity contribution in [2.75, 3.05) is 0 Å². The number of hydrogen-bond donors (Lipinski definition) is 2. The van der Waals surface area contributed by atoms with E-state index >= 15 is 0 Å². The van der Waals surface area contributed by atoms with Gasteiger partial charge in [-0.05, 0) is 6.92 Å². The summed E-state index contributed by atoms with van der Waals surface area (Å²) in [6.45, 7) is 1.46. The number of nitrogens with two attached hydrogens (primary N) is 2. The first-order valence-electron chi connectivity index (χ1n) is 5.55. The first kappa shape index (κ1) is 12.9. The molecule has 4 N–H and O–H groups in total. The summed E-state index contributed by atoms with van der Waals surface area (Å²) in [7, 11) is 0. The van der Waals surface area contributed by atoms with Crippen LogP contribution in [0.1, 0.15) is 19.0 Å². The Morgan fingerprint density at radius 3 is 2.47 bits per heavy atom. The lowest BCUT2D eigenvalue weighted by Gasteiger charge is -2.17. The number of aromatic nitrogens is 3. The van der Waals surface area contributed by atoms with Gasteiger partial charge in [0, 0.05) is 0 Å². The average molecular weight is 267 g/mol. The Kier molecular flexibility index (Phi) is 2.89. The molecule has 0 fully saturated rings. The predicted octanol–water partition coefficient (Wildman–Crippen LogP) is -2.55. The third-order valence-electron chi connectivity index (χ3n) is 3.04. The van der Waals surface area contributed by atoms with Gasteiger partial charge in [0.1, 0.15) is 6.04 Å². The minimum atomic E-state index is -1.10. The molecular weight excluding hydrogens is 254 g/mol. The second kappa shape index (κ2) is 4.26. The molecule has 0 saturated carbocycles. The first-order chi connectivity index (χ1) is 8.86. The molecule has 0 aromatic carbocycles. The van der Waals surface area contributed by atoms with Gasteiger partial charge in [0.15, 0.2) is 6.04 Å². The molecule has 1 aliphatic rings. The Labute approximate surface area is 106 Å². The highest BCUT2D eigenvalue weighted by molar-refractivity contribution is 5.80. The van der Waals surface area contributed by atoms with Crippen molar-refractivity contribution in [3.05, 3.63) is 33.1 Å². The van der Waals surface area contributed by atoms with Crippen LogP contribution in [0.15, 0.2) is 21.7 Å². The van der Waals surface area contributed by atoms with E-state index in [1.165, 1.54) is 13.0 Å². The van der Waals surface area contributed by atoms with Crippen molar-refractivity contribution in [3.63, 3.8) is 0 Å². The normalized spacial score (nSPS) is 18.9. The Morgan fingerprint density at radius 1 is 1.32 bits per heavy atom. The molecule has 9 heteroatoms. The van der Waals surface area contributed by atoms with E-state index in [2.05, 4.69) is 0 Å². The molecule has 1 aromatic heterocycles. The van der Waals surface area contributed by atoms with Crippen molar-refractivity contribution in [1.29, 1.82) is 0 Å². The van der Waals surface area contributed by atoms with Gasteiger partial charge in [-0.2, -0.15) is 0 Å². The molecule has 9 nitrogen and oxygen atoms in total. The van der Waals surface area contributed by atoms with E-state index in [4.69, 9.17) is 11.5 Å². The fourth-order valence-electron chi connectivity index (χ4n) is 1.99.